The molecule has 136 valence electrons. The molecule has 26 heavy (non-hydrogen) atoms. The van der Waals surface area contributed by atoms with Crippen molar-refractivity contribution in [2.75, 3.05) is 13.9 Å². The van der Waals surface area contributed by atoms with E-state index in [4.69, 9.17) is 0 Å². The first-order valence-electron chi connectivity index (χ1n) is 7.92. The second kappa shape index (κ2) is 9.97. The maximum absolute atomic E-state index is 12.2. The topological polar surface area (TPSA) is 72.3 Å². The van der Waals surface area contributed by atoms with E-state index in [1.807, 2.05) is 37.3 Å². The first kappa shape index (κ1) is 19.2. The number of halogens is 2. The van der Waals surface area contributed by atoms with Crippen molar-refractivity contribution in [2.24, 2.45) is 0 Å². The Labute approximate surface area is 150 Å². The van der Waals surface area contributed by atoms with E-state index in [0.29, 0.717) is 13.7 Å². The summed E-state index contributed by atoms with van der Waals surface area (Å²) in [5.41, 5.74) is 2.46. The number of aromatic amines is 1. The molecule has 0 aliphatic rings. The molecule has 4 rings (SSSR count). The smallest absolute Gasteiger partial charge is 0.160 e. The van der Waals surface area contributed by atoms with Gasteiger partial charge >= 0.3 is 0 Å². The highest BCUT2D eigenvalue weighted by atomic mass is 19.1. The van der Waals surface area contributed by atoms with Gasteiger partial charge in [0.15, 0.2) is 11.5 Å². The quantitative estimate of drug-likeness (QED) is 0.605. The molecule has 0 fully saturated rings. The number of hydrogen-bond acceptors (Lipinski definition) is 4. The van der Waals surface area contributed by atoms with E-state index in [1.54, 1.807) is 29.4 Å². The van der Waals surface area contributed by atoms with Gasteiger partial charge in [0.2, 0.25) is 0 Å². The molecular formula is C18H20F2N6. The maximum atomic E-state index is 12.2. The van der Waals surface area contributed by atoms with Crippen LogP contribution in [0.4, 0.5) is 8.78 Å². The van der Waals surface area contributed by atoms with Gasteiger partial charge in [0.05, 0.1) is 13.7 Å². The monoisotopic (exact) mass is 358 g/mol. The summed E-state index contributed by atoms with van der Waals surface area (Å²) in [6.45, 7) is 1.81. The lowest BCUT2D eigenvalue weighted by Crippen LogP contribution is -2.02. The standard InChI is InChI=1S/C9H10FN3.C8H7N3.CH3F/c1-7-12-8-3-2-5-11-9(8)13(7)6-4-10;1-2-4-9-7(3-1)8-10-5-6-11-8;1-2/h2-3,5H,4,6H2,1H3;1-6H,(H,10,11);1H3. The fraction of sp³-hybridized carbons (Fsp3) is 0.222. The van der Waals surface area contributed by atoms with Gasteiger partial charge in [0, 0.05) is 24.8 Å². The van der Waals surface area contributed by atoms with Crippen LogP contribution in [0, 0.1) is 6.92 Å². The molecule has 4 aromatic rings. The van der Waals surface area contributed by atoms with Crippen molar-refractivity contribution in [1.82, 2.24) is 29.5 Å². The Morgan fingerprint density at radius 2 is 1.81 bits per heavy atom. The summed E-state index contributed by atoms with van der Waals surface area (Å²) in [4.78, 5) is 19.6. The van der Waals surface area contributed by atoms with Crippen LogP contribution in [0.1, 0.15) is 5.82 Å². The molecule has 0 aromatic carbocycles. The van der Waals surface area contributed by atoms with E-state index in [9.17, 15) is 8.78 Å². The lowest BCUT2D eigenvalue weighted by Gasteiger charge is -2.00. The molecule has 0 atom stereocenters. The number of aryl methyl sites for hydroxylation is 2. The zero-order valence-corrected chi connectivity index (χ0v) is 14.6. The molecule has 1 N–H and O–H groups in total. The van der Waals surface area contributed by atoms with Crippen LogP contribution in [0.25, 0.3) is 22.7 Å². The Morgan fingerprint density at radius 3 is 2.46 bits per heavy atom. The maximum Gasteiger partial charge on any atom is 0.160 e. The van der Waals surface area contributed by atoms with Gasteiger partial charge in [0.1, 0.15) is 23.7 Å². The Morgan fingerprint density at radius 1 is 1.00 bits per heavy atom. The number of nitrogens with zero attached hydrogens (tertiary/aromatic N) is 5. The van der Waals surface area contributed by atoms with Crippen molar-refractivity contribution < 1.29 is 8.78 Å². The van der Waals surface area contributed by atoms with Gasteiger partial charge in [-0.05, 0) is 31.2 Å². The number of rotatable bonds is 3. The van der Waals surface area contributed by atoms with E-state index >= 15 is 0 Å². The minimum atomic E-state index is -0.386. The molecule has 0 radical (unpaired) electrons. The molecule has 0 unspecified atom stereocenters. The number of nitrogens with one attached hydrogen (secondary N) is 1. The average Bonchev–Trinajstić information content (AvgIpc) is 3.34. The average molecular weight is 358 g/mol. The van der Waals surface area contributed by atoms with Crippen molar-refractivity contribution in [1.29, 1.82) is 0 Å². The third kappa shape index (κ3) is 4.69. The summed E-state index contributed by atoms with van der Waals surface area (Å²) in [5, 5.41) is 0. The van der Waals surface area contributed by atoms with Crippen LogP contribution < -0.4 is 0 Å². The van der Waals surface area contributed by atoms with Gasteiger partial charge in [-0.2, -0.15) is 0 Å². The third-order valence-electron chi connectivity index (χ3n) is 3.41. The van der Waals surface area contributed by atoms with Gasteiger partial charge in [-0.25, -0.2) is 19.3 Å². The highest BCUT2D eigenvalue weighted by Crippen LogP contribution is 2.12. The minimum absolute atomic E-state index is 0.333. The highest BCUT2D eigenvalue weighted by molar-refractivity contribution is 5.70. The van der Waals surface area contributed by atoms with Gasteiger partial charge < -0.3 is 9.55 Å². The predicted molar refractivity (Wildman–Crippen MR) is 97.1 cm³/mol. The van der Waals surface area contributed by atoms with E-state index < -0.39 is 0 Å². The van der Waals surface area contributed by atoms with E-state index in [2.05, 4.69) is 24.9 Å². The molecule has 4 heterocycles. The molecule has 6 nitrogen and oxygen atoms in total. The number of pyridine rings is 2. The molecule has 0 aliphatic carbocycles. The third-order valence-corrected chi connectivity index (χ3v) is 3.41. The largest absolute Gasteiger partial charge is 0.343 e. The number of imidazole rings is 2. The normalized spacial score (nSPS) is 9.85. The first-order chi connectivity index (χ1) is 12.8. The second-order valence-corrected chi connectivity index (χ2v) is 5.00. The van der Waals surface area contributed by atoms with Gasteiger partial charge in [-0.1, -0.05) is 6.07 Å². The van der Waals surface area contributed by atoms with Crippen LogP contribution in [0.3, 0.4) is 0 Å². The molecule has 0 saturated carbocycles. The van der Waals surface area contributed by atoms with Crippen LogP contribution in [-0.2, 0) is 6.54 Å². The Bertz CT molecular complexity index is 891. The lowest BCUT2D eigenvalue weighted by atomic mass is 10.3. The SMILES string of the molecule is CF.Cc1nc2cccnc2n1CCF.c1ccc(-c2ncc[nH]2)nc1. The van der Waals surface area contributed by atoms with Crippen LogP contribution in [0.15, 0.2) is 55.1 Å². The van der Waals surface area contributed by atoms with Gasteiger partial charge in [0.25, 0.3) is 0 Å². The van der Waals surface area contributed by atoms with Crippen LogP contribution in [0.2, 0.25) is 0 Å². The number of hydrogen-bond donors (Lipinski definition) is 1. The number of fused-ring (bicyclic) bond motifs is 1. The zero-order valence-electron chi connectivity index (χ0n) is 14.6. The fourth-order valence-corrected chi connectivity index (χ4v) is 2.33. The van der Waals surface area contributed by atoms with Gasteiger partial charge in [-0.3, -0.25) is 9.37 Å². The summed E-state index contributed by atoms with van der Waals surface area (Å²) in [6, 6.07) is 9.44. The van der Waals surface area contributed by atoms with E-state index in [-0.39, 0.29) is 6.67 Å². The molecule has 4 aromatic heterocycles. The predicted octanol–water partition coefficient (Wildman–Crippen LogP) is 3.77. The van der Waals surface area contributed by atoms with Crippen molar-refractivity contribution >= 4 is 11.2 Å². The van der Waals surface area contributed by atoms with Gasteiger partial charge in [-0.15, -0.1) is 0 Å². The summed E-state index contributed by atoms with van der Waals surface area (Å²) in [6.07, 6.45) is 6.93. The molecule has 0 amide bonds. The van der Waals surface area contributed by atoms with E-state index in [0.717, 1.165) is 28.5 Å². The Hall–Kier alpha value is -3.16. The number of alkyl halides is 2. The van der Waals surface area contributed by atoms with Crippen molar-refractivity contribution in [3.63, 3.8) is 0 Å². The number of H-pyrrole nitrogens is 1. The molecule has 0 bridgehead atoms. The fourth-order valence-electron chi connectivity index (χ4n) is 2.33. The molecule has 0 saturated heterocycles. The Kier molecular flexibility index (Phi) is 7.35. The van der Waals surface area contributed by atoms with E-state index in [1.165, 1.54) is 0 Å². The van der Waals surface area contributed by atoms with Crippen LogP contribution in [-0.4, -0.2) is 43.3 Å². The Balaban J connectivity index is 0.000000173. The van der Waals surface area contributed by atoms with Crippen LogP contribution in [0.5, 0.6) is 0 Å². The summed E-state index contributed by atoms with van der Waals surface area (Å²) < 4.78 is 23.5. The van der Waals surface area contributed by atoms with Crippen LogP contribution >= 0.6 is 0 Å². The van der Waals surface area contributed by atoms with Crippen molar-refractivity contribution in [3.05, 3.63) is 60.9 Å². The molecule has 0 aliphatic heterocycles. The molecule has 0 spiro atoms. The summed E-state index contributed by atoms with van der Waals surface area (Å²) >= 11 is 0. The minimum Gasteiger partial charge on any atom is -0.343 e. The molecule has 8 heteroatoms. The van der Waals surface area contributed by atoms with Crippen molar-refractivity contribution in [3.8, 4) is 11.5 Å². The first-order valence-corrected chi connectivity index (χ1v) is 7.92. The summed E-state index contributed by atoms with van der Waals surface area (Å²) in [5.74, 6) is 1.62. The highest BCUT2D eigenvalue weighted by Gasteiger charge is 2.06. The number of aromatic nitrogens is 6. The lowest BCUT2D eigenvalue weighted by molar-refractivity contribution is 0.445. The van der Waals surface area contributed by atoms with Crippen molar-refractivity contribution in [2.45, 2.75) is 13.5 Å². The molecular weight excluding hydrogens is 338 g/mol. The second-order valence-electron chi connectivity index (χ2n) is 5.00. The summed E-state index contributed by atoms with van der Waals surface area (Å²) in [7, 11) is 0.500. The zero-order chi connectivity index (χ0) is 18.8.